The Kier molecular flexibility index (Phi) is 3.50. The van der Waals surface area contributed by atoms with Gasteiger partial charge in [0, 0.05) is 16.6 Å². The molecule has 1 aliphatic carbocycles. The molecular weight excluding hydrogens is 298 g/mol. The van der Waals surface area contributed by atoms with Crippen LogP contribution in [-0.2, 0) is 12.8 Å². The number of amides is 1. The van der Waals surface area contributed by atoms with Crippen LogP contribution in [0.3, 0.4) is 0 Å². The molecule has 0 unspecified atom stereocenters. The lowest BCUT2D eigenvalue weighted by atomic mass is 9.99. The lowest BCUT2D eigenvalue weighted by Crippen LogP contribution is -2.16. The Morgan fingerprint density at radius 1 is 1.05 bits per heavy atom. The molecule has 114 valence electrons. The number of aryl methyl sites for hydroxylation is 2. The molecule has 0 fully saturated rings. The van der Waals surface area contributed by atoms with Crippen molar-refractivity contribution in [3.63, 3.8) is 0 Å². The minimum Gasteiger partial charge on any atom is -0.486 e. The Labute approximate surface area is 133 Å². The third-order valence-corrected chi connectivity index (χ3v) is 5.26. The summed E-state index contributed by atoms with van der Waals surface area (Å²) in [6.45, 7) is 1.11. The number of nitrogens with one attached hydrogen (secondary N) is 1. The minimum absolute atomic E-state index is 0.0453. The van der Waals surface area contributed by atoms with Crippen LogP contribution >= 0.6 is 11.3 Å². The van der Waals surface area contributed by atoms with Gasteiger partial charge < -0.3 is 14.8 Å². The van der Waals surface area contributed by atoms with E-state index in [1.165, 1.54) is 23.3 Å². The van der Waals surface area contributed by atoms with Crippen LogP contribution in [0.1, 0.15) is 33.0 Å². The van der Waals surface area contributed by atoms with E-state index in [0.29, 0.717) is 19.0 Å². The van der Waals surface area contributed by atoms with Crippen LogP contribution in [0, 0.1) is 0 Å². The Balaban J connectivity index is 1.53. The highest BCUT2D eigenvalue weighted by Crippen LogP contribution is 2.33. The lowest BCUT2D eigenvalue weighted by Gasteiger charge is -2.18. The van der Waals surface area contributed by atoms with Crippen molar-refractivity contribution in [3.8, 4) is 11.5 Å². The van der Waals surface area contributed by atoms with Crippen molar-refractivity contribution >= 4 is 22.9 Å². The summed E-state index contributed by atoms with van der Waals surface area (Å²) in [5.74, 6) is 1.38. The first-order chi connectivity index (χ1) is 10.8. The summed E-state index contributed by atoms with van der Waals surface area (Å²) in [6.07, 6.45) is 4.67. The Bertz CT molecular complexity index is 699. The van der Waals surface area contributed by atoms with Crippen molar-refractivity contribution in [3.05, 3.63) is 39.6 Å². The van der Waals surface area contributed by atoms with Crippen molar-refractivity contribution < 1.29 is 14.3 Å². The molecule has 1 amide bonds. The summed E-state index contributed by atoms with van der Waals surface area (Å²) in [6, 6.07) is 7.55. The van der Waals surface area contributed by atoms with Crippen molar-refractivity contribution in [1.82, 2.24) is 0 Å². The number of thiophene rings is 1. The van der Waals surface area contributed by atoms with E-state index in [1.54, 1.807) is 11.3 Å². The van der Waals surface area contributed by atoms with E-state index < -0.39 is 0 Å². The molecule has 1 N–H and O–H groups in total. The zero-order valence-corrected chi connectivity index (χ0v) is 13.0. The normalized spacial score (nSPS) is 16.0. The molecule has 22 heavy (non-hydrogen) atoms. The van der Waals surface area contributed by atoms with Gasteiger partial charge in [0.15, 0.2) is 11.5 Å². The fourth-order valence-corrected chi connectivity index (χ4v) is 4.07. The topological polar surface area (TPSA) is 47.6 Å². The molecule has 2 heterocycles. The van der Waals surface area contributed by atoms with Crippen molar-refractivity contribution in [1.29, 1.82) is 0 Å². The lowest BCUT2D eigenvalue weighted by molar-refractivity contribution is 0.103. The second-order valence-corrected chi connectivity index (χ2v) is 6.72. The predicted molar refractivity (Wildman–Crippen MR) is 86.3 cm³/mol. The third-order valence-electron chi connectivity index (χ3n) is 4.02. The quantitative estimate of drug-likeness (QED) is 0.920. The molecule has 2 aromatic rings. The molecule has 0 saturated carbocycles. The number of hydrogen-bond donors (Lipinski definition) is 1. The zero-order chi connectivity index (χ0) is 14.9. The summed E-state index contributed by atoms with van der Waals surface area (Å²) in [7, 11) is 0. The van der Waals surface area contributed by atoms with Crippen LogP contribution in [0.15, 0.2) is 24.3 Å². The van der Waals surface area contributed by atoms with Crippen LogP contribution in [-0.4, -0.2) is 19.1 Å². The zero-order valence-electron chi connectivity index (χ0n) is 12.2. The average molecular weight is 315 g/mol. The summed E-state index contributed by atoms with van der Waals surface area (Å²) < 4.78 is 11.0. The number of anilines is 1. The largest absolute Gasteiger partial charge is 0.486 e. The predicted octanol–water partition coefficient (Wildman–Crippen LogP) is 3.65. The fraction of sp³-hybridized carbons (Fsp3) is 0.353. The minimum atomic E-state index is -0.0453. The third kappa shape index (κ3) is 2.57. The SMILES string of the molecule is O=C(Nc1ccc2c(c1)OCCO2)c1cc2c(s1)CCCC2. The van der Waals surface area contributed by atoms with Gasteiger partial charge in [0.05, 0.1) is 4.88 Å². The number of ether oxygens (including phenoxy) is 2. The molecular formula is C17H17NO3S. The van der Waals surface area contributed by atoms with E-state index in [1.807, 2.05) is 24.3 Å². The summed E-state index contributed by atoms with van der Waals surface area (Å²) >= 11 is 1.62. The highest BCUT2D eigenvalue weighted by molar-refractivity contribution is 7.14. The molecule has 1 aromatic heterocycles. The van der Waals surface area contributed by atoms with Crippen LogP contribution in [0.4, 0.5) is 5.69 Å². The summed E-state index contributed by atoms with van der Waals surface area (Å²) in [5.41, 5.74) is 2.09. The highest BCUT2D eigenvalue weighted by atomic mass is 32.1. The standard InChI is InChI=1S/C17H17NO3S/c19-17(16-9-11-3-1-2-4-15(11)22-16)18-12-5-6-13-14(10-12)21-8-7-20-13/h5-6,9-10H,1-4,7-8H2,(H,18,19). The van der Waals surface area contributed by atoms with Gasteiger partial charge in [-0.25, -0.2) is 0 Å². The van der Waals surface area contributed by atoms with E-state index in [4.69, 9.17) is 9.47 Å². The monoisotopic (exact) mass is 315 g/mol. The second kappa shape index (κ2) is 5.65. The van der Waals surface area contributed by atoms with Crippen molar-refractivity contribution in [2.45, 2.75) is 25.7 Å². The fourth-order valence-electron chi connectivity index (χ4n) is 2.92. The van der Waals surface area contributed by atoms with Gasteiger partial charge in [-0.15, -0.1) is 11.3 Å². The average Bonchev–Trinajstić information content (AvgIpc) is 2.99. The summed E-state index contributed by atoms with van der Waals surface area (Å²) in [4.78, 5) is 14.6. The highest BCUT2D eigenvalue weighted by Gasteiger charge is 2.18. The van der Waals surface area contributed by atoms with E-state index in [2.05, 4.69) is 5.32 Å². The maximum Gasteiger partial charge on any atom is 0.265 e. The summed E-state index contributed by atoms with van der Waals surface area (Å²) in [5, 5.41) is 2.95. The van der Waals surface area contributed by atoms with Gasteiger partial charge in [-0.1, -0.05) is 0 Å². The molecule has 4 nitrogen and oxygen atoms in total. The molecule has 0 atom stereocenters. The van der Waals surface area contributed by atoms with Crippen LogP contribution in [0.2, 0.25) is 0 Å². The van der Waals surface area contributed by atoms with Gasteiger partial charge in [-0.2, -0.15) is 0 Å². The van der Waals surface area contributed by atoms with Gasteiger partial charge in [0.2, 0.25) is 0 Å². The van der Waals surface area contributed by atoms with Gasteiger partial charge in [0.1, 0.15) is 13.2 Å². The molecule has 0 spiro atoms. The molecule has 1 aliphatic heterocycles. The van der Waals surface area contributed by atoms with Gasteiger partial charge in [0.25, 0.3) is 5.91 Å². The Morgan fingerprint density at radius 2 is 1.86 bits per heavy atom. The first kappa shape index (κ1) is 13.6. The number of benzene rings is 1. The molecule has 2 aliphatic rings. The first-order valence-electron chi connectivity index (χ1n) is 7.62. The smallest absolute Gasteiger partial charge is 0.265 e. The number of carbonyl (C=O) groups excluding carboxylic acids is 1. The molecule has 0 bridgehead atoms. The van der Waals surface area contributed by atoms with Gasteiger partial charge in [-0.05, 0) is 49.4 Å². The van der Waals surface area contributed by atoms with Crippen LogP contribution in [0.25, 0.3) is 0 Å². The molecule has 5 heteroatoms. The van der Waals surface area contributed by atoms with Gasteiger partial charge >= 0.3 is 0 Å². The number of carbonyl (C=O) groups is 1. The van der Waals surface area contributed by atoms with Crippen molar-refractivity contribution in [2.75, 3.05) is 18.5 Å². The van der Waals surface area contributed by atoms with E-state index >= 15 is 0 Å². The van der Waals surface area contributed by atoms with Crippen LogP contribution in [0.5, 0.6) is 11.5 Å². The Morgan fingerprint density at radius 3 is 2.73 bits per heavy atom. The van der Waals surface area contributed by atoms with Crippen molar-refractivity contribution in [2.24, 2.45) is 0 Å². The van der Waals surface area contributed by atoms with E-state index in [-0.39, 0.29) is 5.91 Å². The van der Waals surface area contributed by atoms with Gasteiger partial charge in [-0.3, -0.25) is 4.79 Å². The maximum atomic E-state index is 12.4. The van der Waals surface area contributed by atoms with E-state index in [0.717, 1.165) is 29.2 Å². The maximum absolute atomic E-state index is 12.4. The first-order valence-corrected chi connectivity index (χ1v) is 8.44. The molecule has 0 radical (unpaired) electrons. The van der Waals surface area contributed by atoms with Crippen LogP contribution < -0.4 is 14.8 Å². The molecule has 0 saturated heterocycles. The number of fused-ring (bicyclic) bond motifs is 2. The second-order valence-electron chi connectivity index (χ2n) is 5.58. The molecule has 4 rings (SSSR count). The molecule has 1 aromatic carbocycles. The Hall–Kier alpha value is -2.01. The van der Waals surface area contributed by atoms with E-state index in [9.17, 15) is 4.79 Å². The number of rotatable bonds is 2. The number of hydrogen-bond acceptors (Lipinski definition) is 4.